The van der Waals surface area contributed by atoms with E-state index >= 15 is 0 Å². The minimum Gasteiger partial charge on any atom is -0.467 e. The van der Waals surface area contributed by atoms with Crippen molar-refractivity contribution in [1.29, 1.82) is 0 Å². The lowest BCUT2D eigenvalue weighted by Gasteiger charge is -2.33. The van der Waals surface area contributed by atoms with Crippen LogP contribution >= 0.6 is 0 Å². The fraction of sp³-hybridized carbons (Fsp3) is 0.538. The molecule has 1 aromatic heterocycles. The van der Waals surface area contributed by atoms with E-state index in [4.69, 9.17) is 4.74 Å². The van der Waals surface area contributed by atoms with Gasteiger partial charge in [0.2, 0.25) is 0 Å². The Hall–Kier alpha value is -2.38. The summed E-state index contributed by atoms with van der Waals surface area (Å²) >= 11 is 0. The van der Waals surface area contributed by atoms with Crippen LogP contribution in [0, 0.1) is 10.1 Å². The molecule has 1 atom stereocenters. The fourth-order valence-corrected chi connectivity index (χ4v) is 2.60. The van der Waals surface area contributed by atoms with Crippen LogP contribution in [0.2, 0.25) is 0 Å². The zero-order valence-corrected chi connectivity index (χ0v) is 11.9. The number of hydrogen-bond acceptors (Lipinski definition) is 5. The van der Waals surface area contributed by atoms with Gasteiger partial charge in [-0.3, -0.25) is 4.79 Å². The van der Waals surface area contributed by atoms with Crippen molar-refractivity contribution in [3.63, 3.8) is 0 Å². The van der Waals surface area contributed by atoms with Crippen molar-refractivity contribution >= 4 is 17.7 Å². The molecule has 0 N–H and O–H groups in total. The molecule has 1 amide bonds. The molecule has 1 aromatic rings. The number of esters is 1. The third-order valence-electron chi connectivity index (χ3n) is 3.74. The molecule has 1 aliphatic heterocycles. The minimum absolute atomic E-state index is 0.162. The van der Waals surface area contributed by atoms with Gasteiger partial charge in [0.15, 0.2) is 5.69 Å². The zero-order valence-electron chi connectivity index (χ0n) is 11.9. The molecular weight excluding hydrogens is 278 g/mol. The summed E-state index contributed by atoms with van der Waals surface area (Å²) in [6.07, 6.45) is 2.19. The second kappa shape index (κ2) is 5.94. The molecule has 0 bridgehead atoms. The van der Waals surface area contributed by atoms with E-state index < -0.39 is 16.9 Å². The van der Waals surface area contributed by atoms with Crippen molar-refractivity contribution < 1.29 is 19.2 Å². The second-order valence-corrected chi connectivity index (χ2v) is 4.93. The molecule has 8 nitrogen and oxygen atoms in total. The molecule has 1 aliphatic rings. The Morgan fingerprint density at radius 1 is 1.38 bits per heavy atom. The van der Waals surface area contributed by atoms with Crippen molar-refractivity contribution in [3.8, 4) is 0 Å². The Morgan fingerprint density at radius 2 is 2.10 bits per heavy atom. The maximum absolute atomic E-state index is 12.6. The topological polar surface area (TPSA) is 94.7 Å². The largest absolute Gasteiger partial charge is 0.467 e. The molecule has 8 heteroatoms. The normalized spacial score (nSPS) is 18.4. The SMILES string of the molecule is COC(=O)C1CCCCN1C(=O)c1ccc([N+](=O)[O-])n1C. The lowest BCUT2D eigenvalue weighted by molar-refractivity contribution is -0.391. The van der Waals surface area contributed by atoms with Gasteiger partial charge in [-0.1, -0.05) is 0 Å². The van der Waals surface area contributed by atoms with Crippen LogP contribution in [0.15, 0.2) is 12.1 Å². The molecule has 2 rings (SSSR count). The van der Waals surface area contributed by atoms with E-state index in [9.17, 15) is 19.7 Å². The highest BCUT2D eigenvalue weighted by atomic mass is 16.6. The average molecular weight is 295 g/mol. The molecule has 2 heterocycles. The highest BCUT2D eigenvalue weighted by molar-refractivity contribution is 5.96. The number of rotatable bonds is 3. The monoisotopic (exact) mass is 295 g/mol. The van der Waals surface area contributed by atoms with E-state index in [0.29, 0.717) is 13.0 Å². The molecule has 1 saturated heterocycles. The predicted molar refractivity (Wildman–Crippen MR) is 72.8 cm³/mol. The van der Waals surface area contributed by atoms with Crippen LogP contribution in [-0.2, 0) is 16.6 Å². The summed E-state index contributed by atoms with van der Waals surface area (Å²) < 4.78 is 5.96. The van der Waals surface area contributed by atoms with Crippen LogP contribution in [0.1, 0.15) is 29.8 Å². The number of ether oxygens (including phenoxy) is 1. The van der Waals surface area contributed by atoms with Crippen LogP contribution in [-0.4, -0.2) is 46.0 Å². The minimum atomic E-state index is -0.620. The number of carbonyl (C=O) groups is 2. The number of nitrogens with zero attached hydrogens (tertiary/aromatic N) is 3. The fourth-order valence-electron chi connectivity index (χ4n) is 2.60. The summed E-state index contributed by atoms with van der Waals surface area (Å²) in [4.78, 5) is 36.1. The summed E-state index contributed by atoms with van der Waals surface area (Å²) in [5.74, 6) is -1.00. The highest BCUT2D eigenvalue weighted by Gasteiger charge is 2.36. The molecule has 1 fully saturated rings. The Morgan fingerprint density at radius 3 is 2.67 bits per heavy atom. The maximum atomic E-state index is 12.6. The van der Waals surface area contributed by atoms with Gasteiger partial charge in [-0.05, 0) is 30.3 Å². The lowest BCUT2D eigenvalue weighted by atomic mass is 10.0. The summed E-state index contributed by atoms with van der Waals surface area (Å²) in [6, 6.07) is 2.07. The molecule has 1 unspecified atom stereocenters. The van der Waals surface area contributed by atoms with Crippen LogP contribution in [0.25, 0.3) is 0 Å². The Balaban J connectivity index is 2.29. The van der Waals surface area contributed by atoms with Gasteiger partial charge in [0.25, 0.3) is 5.91 Å². The van der Waals surface area contributed by atoms with Crippen molar-refractivity contribution in [1.82, 2.24) is 9.47 Å². The predicted octanol–water partition coefficient (Wildman–Crippen LogP) is 1.10. The smallest absolute Gasteiger partial charge is 0.328 e. The number of hydrogen-bond donors (Lipinski definition) is 0. The first kappa shape index (κ1) is 15.0. The van der Waals surface area contributed by atoms with E-state index in [0.717, 1.165) is 12.8 Å². The number of methoxy groups -OCH3 is 1. The Kier molecular flexibility index (Phi) is 4.25. The van der Waals surface area contributed by atoms with E-state index in [-0.39, 0.29) is 17.4 Å². The summed E-state index contributed by atoms with van der Waals surface area (Å²) in [5, 5.41) is 10.8. The quantitative estimate of drug-likeness (QED) is 0.473. The first-order chi connectivity index (χ1) is 9.97. The van der Waals surface area contributed by atoms with Gasteiger partial charge in [-0.25, -0.2) is 9.36 Å². The highest BCUT2D eigenvalue weighted by Crippen LogP contribution is 2.23. The van der Waals surface area contributed by atoms with Crippen LogP contribution in [0.4, 0.5) is 5.82 Å². The van der Waals surface area contributed by atoms with Gasteiger partial charge in [0, 0.05) is 12.6 Å². The number of carbonyl (C=O) groups excluding carboxylic acids is 2. The van der Waals surface area contributed by atoms with E-state index in [2.05, 4.69) is 0 Å². The van der Waals surface area contributed by atoms with Crippen molar-refractivity contribution in [2.24, 2.45) is 7.05 Å². The molecular formula is C13H17N3O5. The Bertz CT molecular complexity index is 580. The lowest BCUT2D eigenvalue weighted by Crippen LogP contribution is -2.48. The van der Waals surface area contributed by atoms with Gasteiger partial charge in [0.05, 0.1) is 14.2 Å². The zero-order chi connectivity index (χ0) is 15.6. The van der Waals surface area contributed by atoms with Crippen molar-refractivity contribution in [3.05, 3.63) is 27.9 Å². The number of amides is 1. The molecule has 0 saturated carbocycles. The second-order valence-electron chi connectivity index (χ2n) is 4.93. The number of likely N-dealkylation sites (tertiary alicyclic amines) is 1. The van der Waals surface area contributed by atoms with E-state index in [1.165, 1.54) is 35.8 Å². The molecule has 0 radical (unpaired) electrons. The van der Waals surface area contributed by atoms with Gasteiger partial charge >= 0.3 is 11.8 Å². The number of piperidine rings is 1. The third-order valence-corrected chi connectivity index (χ3v) is 3.74. The van der Waals surface area contributed by atoms with Gasteiger partial charge in [-0.2, -0.15) is 0 Å². The standard InChI is InChI=1S/C13H17N3O5/c1-14-9(6-7-11(14)16(19)20)12(17)15-8-4-3-5-10(15)13(18)21-2/h6-7,10H,3-5,8H2,1-2H3. The molecule has 114 valence electrons. The first-order valence-corrected chi connectivity index (χ1v) is 6.66. The van der Waals surface area contributed by atoms with Crippen LogP contribution < -0.4 is 0 Å². The summed E-state index contributed by atoms with van der Waals surface area (Å²) in [7, 11) is 2.75. The molecule has 0 aliphatic carbocycles. The molecule has 0 spiro atoms. The summed E-state index contributed by atoms with van der Waals surface area (Å²) in [5.41, 5.74) is 0.192. The van der Waals surface area contributed by atoms with Crippen molar-refractivity contribution in [2.45, 2.75) is 25.3 Å². The van der Waals surface area contributed by atoms with Crippen molar-refractivity contribution in [2.75, 3.05) is 13.7 Å². The summed E-state index contributed by atoms with van der Waals surface area (Å²) in [6.45, 7) is 0.442. The molecule has 21 heavy (non-hydrogen) atoms. The van der Waals surface area contributed by atoms with E-state index in [1.807, 2.05) is 0 Å². The van der Waals surface area contributed by atoms with Gasteiger partial charge < -0.3 is 19.8 Å². The van der Waals surface area contributed by atoms with Gasteiger partial charge in [-0.15, -0.1) is 0 Å². The average Bonchev–Trinajstić information content (AvgIpc) is 2.87. The number of nitro groups is 1. The molecule has 0 aromatic carbocycles. The first-order valence-electron chi connectivity index (χ1n) is 6.66. The van der Waals surface area contributed by atoms with E-state index in [1.54, 1.807) is 0 Å². The maximum Gasteiger partial charge on any atom is 0.328 e. The Labute approximate surface area is 121 Å². The van der Waals surface area contributed by atoms with Crippen LogP contribution in [0.5, 0.6) is 0 Å². The van der Waals surface area contributed by atoms with Crippen LogP contribution in [0.3, 0.4) is 0 Å². The van der Waals surface area contributed by atoms with Gasteiger partial charge in [0.1, 0.15) is 6.04 Å². The number of aromatic nitrogens is 1. The third kappa shape index (κ3) is 2.74.